The monoisotopic (exact) mass is 343 g/mol. The summed E-state index contributed by atoms with van der Waals surface area (Å²) >= 11 is 1.69. The predicted octanol–water partition coefficient (Wildman–Crippen LogP) is 2.51. The molecule has 126 valence electrons. The summed E-state index contributed by atoms with van der Waals surface area (Å²) < 4.78 is 0. The highest BCUT2D eigenvalue weighted by Gasteiger charge is 2.30. The van der Waals surface area contributed by atoms with Gasteiger partial charge in [0.15, 0.2) is 0 Å². The van der Waals surface area contributed by atoms with Gasteiger partial charge < -0.3 is 10.2 Å². The summed E-state index contributed by atoms with van der Waals surface area (Å²) in [4.78, 5) is 32.9. The molecule has 3 heterocycles. The van der Waals surface area contributed by atoms with Crippen molar-refractivity contribution in [2.24, 2.45) is 5.92 Å². The number of hydrogen-bond donors (Lipinski definition) is 1. The average Bonchev–Trinajstić information content (AvgIpc) is 3.01. The van der Waals surface area contributed by atoms with E-state index in [2.05, 4.69) is 23.3 Å². The second-order valence-corrected chi connectivity index (χ2v) is 7.43. The Hall–Kier alpha value is -2.21. The zero-order chi connectivity index (χ0) is 16.9. The Morgan fingerprint density at radius 3 is 2.96 bits per heavy atom. The molecule has 1 N–H and O–H groups in total. The van der Waals surface area contributed by atoms with Crippen LogP contribution in [0.2, 0.25) is 0 Å². The van der Waals surface area contributed by atoms with E-state index in [1.165, 1.54) is 4.88 Å². The summed E-state index contributed by atoms with van der Waals surface area (Å²) in [6.07, 6.45) is 2.76. The normalized spacial score (nSPS) is 17.8. The largest absolute Gasteiger partial charge is 0.351 e. The number of amides is 2. The topological polar surface area (TPSA) is 62.3 Å². The van der Waals surface area contributed by atoms with Gasteiger partial charge in [-0.05, 0) is 37.6 Å². The maximum atomic E-state index is 12.4. The van der Waals surface area contributed by atoms with Gasteiger partial charge in [0, 0.05) is 28.9 Å². The van der Waals surface area contributed by atoms with Gasteiger partial charge in [-0.1, -0.05) is 6.07 Å². The molecule has 0 bridgehead atoms. The summed E-state index contributed by atoms with van der Waals surface area (Å²) in [6, 6.07) is 9.75. The second-order valence-electron chi connectivity index (χ2n) is 6.06. The molecule has 2 amide bonds. The van der Waals surface area contributed by atoms with E-state index >= 15 is 0 Å². The molecule has 1 atom stereocenters. The van der Waals surface area contributed by atoms with Crippen LogP contribution in [0.25, 0.3) is 0 Å². The summed E-state index contributed by atoms with van der Waals surface area (Å²) in [7, 11) is 0. The minimum atomic E-state index is -0.146. The first kappa shape index (κ1) is 16.6. The average molecular weight is 343 g/mol. The third-order valence-corrected chi connectivity index (χ3v) is 5.18. The molecule has 1 saturated heterocycles. The van der Waals surface area contributed by atoms with Crippen molar-refractivity contribution in [3.8, 4) is 0 Å². The fourth-order valence-corrected chi connectivity index (χ4v) is 3.70. The summed E-state index contributed by atoms with van der Waals surface area (Å²) in [5.41, 5.74) is 0.848. The molecule has 0 aliphatic carbocycles. The number of hydrogen-bond acceptors (Lipinski definition) is 4. The van der Waals surface area contributed by atoms with E-state index < -0.39 is 0 Å². The third-order valence-electron chi connectivity index (χ3n) is 4.18. The molecule has 5 nitrogen and oxygen atoms in total. The Labute approximate surface area is 145 Å². The Bertz CT molecular complexity index is 714. The number of pyridine rings is 1. The summed E-state index contributed by atoms with van der Waals surface area (Å²) in [6.45, 7) is 3.54. The maximum Gasteiger partial charge on any atom is 0.225 e. The smallest absolute Gasteiger partial charge is 0.225 e. The van der Waals surface area contributed by atoms with Gasteiger partial charge in [-0.25, -0.2) is 0 Å². The highest BCUT2D eigenvalue weighted by molar-refractivity contribution is 7.11. The van der Waals surface area contributed by atoms with Crippen LogP contribution >= 0.6 is 11.3 Å². The fourth-order valence-electron chi connectivity index (χ4n) is 2.87. The Morgan fingerprint density at radius 1 is 1.38 bits per heavy atom. The molecule has 0 spiro atoms. The minimum absolute atomic E-state index is 0.0274. The van der Waals surface area contributed by atoms with Crippen LogP contribution in [-0.2, 0) is 22.7 Å². The number of aromatic nitrogens is 1. The first-order valence-electron chi connectivity index (χ1n) is 8.12. The van der Waals surface area contributed by atoms with E-state index in [1.54, 1.807) is 22.4 Å². The molecule has 1 fully saturated rings. The van der Waals surface area contributed by atoms with Crippen LogP contribution in [0.15, 0.2) is 36.5 Å². The van der Waals surface area contributed by atoms with Crippen molar-refractivity contribution in [2.75, 3.05) is 6.54 Å². The zero-order valence-corrected chi connectivity index (χ0v) is 14.5. The van der Waals surface area contributed by atoms with Crippen LogP contribution < -0.4 is 5.32 Å². The molecule has 2 aromatic heterocycles. The number of nitrogens with zero attached hydrogens (tertiary/aromatic N) is 2. The van der Waals surface area contributed by atoms with Crippen molar-refractivity contribution in [3.05, 3.63) is 52.0 Å². The molecule has 3 rings (SSSR count). The molecule has 24 heavy (non-hydrogen) atoms. The summed E-state index contributed by atoms with van der Waals surface area (Å²) in [5.74, 6) is -0.0226. The Morgan fingerprint density at radius 2 is 2.25 bits per heavy atom. The number of carbonyl (C=O) groups is 2. The van der Waals surface area contributed by atoms with Crippen LogP contribution in [0, 0.1) is 12.8 Å². The molecule has 0 saturated carbocycles. The number of aryl methyl sites for hydroxylation is 1. The highest BCUT2D eigenvalue weighted by atomic mass is 32.1. The van der Waals surface area contributed by atoms with Gasteiger partial charge in [0.25, 0.3) is 0 Å². The van der Waals surface area contributed by atoms with Crippen molar-refractivity contribution in [2.45, 2.75) is 32.9 Å². The van der Waals surface area contributed by atoms with Crippen molar-refractivity contribution in [1.29, 1.82) is 0 Å². The van der Waals surface area contributed by atoms with E-state index in [0.717, 1.165) is 10.6 Å². The minimum Gasteiger partial charge on any atom is -0.351 e. The number of nitrogens with one attached hydrogen (secondary N) is 1. The second kappa shape index (κ2) is 7.57. The van der Waals surface area contributed by atoms with Gasteiger partial charge in [-0.15, -0.1) is 11.3 Å². The number of rotatable bonds is 5. The van der Waals surface area contributed by atoms with Gasteiger partial charge in [-0.2, -0.15) is 0 Å². The van der Waals surface area contributed by atoms with Crippen LogP contribution in [0.5, 0.6) is 0 Å². The SMILES string of the molecule is Cc1ccc(CNC(=O)[C@H]2CCC(=O)N(Cc3ccccn3)C2)s1. The van der Waals surface area contributed by atoms with Crippen molar-refractivity contribution < 1.29 is 9.59 Å². The fraction of sp³-hybridized carbons (Fsp3) is 0.389. The van der Waals surface area contributed by atoms with Crippen LogP contribution in [0.1, 0.15) is 28.3 Å². The third kappa shape index (κ3) is 4.20. The van der Waals surface area contributed by atoms with Gasteiger partial charge in [0.05, 0.1) is 24.7 Å². The molecule has 0 aromatic carbocycles. The Kier molecular flexibility index (Phi) is 5.25. The lowest BCUT2D eigenvalue weighted by atomic mass is 9.96. The van der Waals surface area contributed by atoms with E-state index in [-0.39, 0.29) is 17.7 Å². The molecule has 0 unspecified atom stereocenters. The lowest BCUT2D eigenvalue weighted by Crippen LogP contribution is -2.45. The van der Waals surface area contributed by atoms with E-state index in [0.29, 0.717) is 32.5 Å². The molecule has 1 aliphatic rings. The van der Waals surface area contributed by atoms with Crippen molar-refractivity contribution in [3.63, 3.8) is 0 Å². The van der Waals surface area contributed by atoms with E-state index in [1.807, 2.05) is 24.3 Å². The number of carbonyl (C=O) groups excluding carboxylic acids is 2. The first-order valence-corrected chi connectivity index (χ1v) is 8.94. The molecule has 1 aliphatic heterocycles. The lowest BCUT2D eigenvalue weighted by Gasteiger charge is -2.31. The van der Waals surface area contributed by atoms with Gasteiger partial charge >= 0.3 is 0 Å². The summed E-state index contributed by atoms with van der Waals surface area (Å²) in [5, 5.41) is 3.00. The van der Waals surface area contributed by atoms with Crippen LogP contribution in [0.4, 0.5) is 0 Å². The molecule has 2 aromatic rings. The quantitative estimate of drug-likeness (QED) is 0.907. The zero-order valence-electron chi connectivity index (χ0n) is 13.7. The van der Waals surface area contributed by atoms with Gasteiger partial charge in [-0.3, -0.25) is 14.6 Å². The number of thiophene rings is 1. The lowest BCUT2D eigenvalue weighted by molar-refractivity contribution is -0.139. The molecular weight excluding hydrogens is 322 g/mol. The predicted molar refractivity (Wildman–Crippen MR) is 93.3 cm³/mol. The molecule has 6 heteroatoms. The van der Waals surface area contributed by atoms with Crippen LogP contribution in [-0.4, -0.2) is 28.2 Å². The van der Waals surface area contributed by atoms with Gasteiger partial charge in [0.1, 0.15) is 0 Å². The number of likely N-dealkylation sites (tertiary alicyclic amines) is 1. The van der Waals surface area contributed by atoms with Crippen molar-refractivity contribution in [1.82, 2.24) is 15.2 Å². The molecular formula is C18H21N3O2S. The first-order chi connectivity index (χ1) is 11.6. The van der Waals surface area contributed by atoms with Gasteiger partial charge in [0.2, 0.25) is 11.8 Å². The van der Waals surface area contributed by atoms with Crippen molar-refractivity contribution >= 4 is 23.2 Å². The standard InChI is InChI=1S/C18H21N3O2S/c1-13-5-7-16(24-13)10-20-18(23)14-6-8-17(22)21(11-14)12-15-4-2-3-9-19-15/h2-5,7,9,14H,6,8,10-12H2,1H3,(H,20,23)/t14-/m0/s1. The van der Waals surface area contributed by atoms with Crippen LogP contribution in [0.3, 0.4) is 0 Å². The number of piperidine rings is 1. The highest BCUT2D eigenvalue weighted by Crippen LogP contribution is 2.20. The molecule has 0 radical (unpaired) electrons. The maximum absolute atomic E-state index is 12.4. The van der Waals surface area contributed by atoms with E-state index in [9.17, 15) is 9.59 Å². The van der Waals surface area contributed by atoms with E-state index in [4.69, 9.17) is 0 Å². The Balaban J connectivity index is 1.55.